The Bertz CT molecular complexity index is 315. The molecule has 0 radical (unpaired) electrons. The minimum Gasteiger partial charge on any atom is -0.385 e. The molecule has 4 heteroatoms. The molecule has 0 aromatic heterocycles. The second kappa shape index (κ2) is 6.90. The van der Waals surface area contributed by atoms with E-state index in [4.69, 9.17) is 4.74 Å². The van der Waals surface area contributed by atoms with E-state index in [0.717, 1.165) is 58.3 Å². The molecule has 0 unspecified atom stereocenters. The zero-order valence-electron chi connectivity index (χ0n) is 13.1. The summed E-state index contributed by atoms with van der Waals surface area (Å²) < 4.78 is 5.18. The van der Waals surface area contributed by atoms with Crippen LogP contribution < -0.4 is 10.6 Å². The maximum absolute atomic E-state index is 12.7. The molecule has 1 saturated carbocycles. The van der Waals surface area contributed by atoms with Gasteiger partial charge in [-0.2, -0.15) is 0 Å². The summed E-state index contributed by atoms with van der Waals surface area (Å²) in [6, 6.07) is 0. The maximum atomic E-state index is 12.7. The van der Waals surface area contributed by atoms with Crippen molar-refractivity contribution in [3.8, 4) is 0 Å². The van der Waals surface area contributed by atoms with Gasteiger partial charge in [0, 0.05) is 20.3 Å². The predicted octanol–water partition coefficient (Wildman–Crippen LogP) is 2.09. The lowest BCUT2D eigenvalue weighted by atomic mass is 9.74. The van der Waals surface area contributed by atoms with E-state index in [2.05, 4.69) is 17.6 Å². The molecule has 116 valence electrons. The third-order valence-corrected chi connectivity index (χ3v) is 5.19. The number of amides is 1. The first-order chi connectivity index (χ1) is 9.66. The Labute approximate surface area is 123 Å². The van der Waals surface area contributed by atoms with Crippen LogP contribution in [-0.4, -0.2) is 39.3 Å². The van der Waals surface area contributed by atoms with Gasteiger partial charge in [-0.25, -0.2) is 0 Å². The second-order valence-electron chi connectivity index (χ2n) is 6.71. The van der Waals surface area contributed by atoms with Crippen LogP contribution in [0.3, 0.4) is 0 Å². The van der Waals surface area contributed by atoms with E-state index in [0.29, 0.717) is 11.3 Å². The highest BCUT2D eigenvalue weighted by molar-refractivity contribution is 5.82. The van der Waals surface area contributed by atoms with Crippen molar-refractivity contribution in [2.24, 2.45) is 10.8 Å². The number of carbonyl (C=O) groups is 1. The number of hydrogen-bond acceptors (Lipinski definition) is 3. The van der Waals surface area contributed by atoms with Crippen LogP contribution in [0.4, 0.5) is 0 Å². The Morgan fingerprint density at radius 1 is 1.20 bits per heavy atom. The molecule has 2 N–H and O–H groups in total. The lowest BCUT2D eigenvalue weighted by Crippen LogP contribution is -2.48. The molecule has 0 atom stereocenters. The van der Waals surface area contributed by atoms with Gasteiger partial charge >= 0.3 is 0 Å². The first-order valence-corrected chi connectivity index (χ1v) is 8.14. The average molecular weight is 282 g/mol. The molecule has 1 amide bonds. The first kappa shape index (κ1) is 15.8. The SMILES string of the molecule is CCCC1(C(=O)NCC2(CCOC)CC2)CCNCC1. The fourth-order valence-corrected chi connectivity index (χ4v) is 3.44. The Hall–Kier alpha value is -0.610. The fourth-order valence-electron chi connectivity index (χ4n) is 3.44. The van der Waals surface area contributed by atoms with Crippen LogP contribution in [0.2, 0.25) is 0 Å². The molecule has 2 aliphatic rings. The van der Waals surface area contributed by atoms with Crippen LogP contribution in [0, 0.1) is 10.8 Å². The highest BCUT2D eigenvalue weighted by Gasteiger charge is 2.44. The van der Waals surface area contributed by atoms with Gasteiger partial charge in [0.1, 0.15) is 0 Å². The first-order valence-electron chi connectivity index (χ1n) is 8.14. The third-order valence-electron chi connectivity index (χ3n) is 5.19. The summed E-state index contributed by atoms with van der Waals surface area (Å²) in [7, 11) is 1.75. The van der Waals surface area contributed by atoms with Gasteiger partial charge in [-0.05, 0) is 57.0 Å². The molecular weight excluding hydrogens is 252 g/mol. The zero-order chi connectivity index (χ0) is 14.5. The third kappa shape index (κ3) is 3.73. The lowest BCUT2D eigenvalue weighted by molar-refractivity contribution is -0.133. The molecule has 1 aliphatic carbocycles. The van der Waals surface area contributed by atoms with Crippen molar-refractivity contribution >= 4 is 5.91 Å². The van der Waals surface area contributed by atoms with Crippen LogP contribution in [0.25, 0.3) is 0 Å². The van der Waals surface area contributed by atoms with Crippen molar-refractivity contribution in [3.05, 3.63) is 0 Å². The van der Waals surface area contributed by atoms with Gasteiger partial charge < -0.3 is 15.4 Å². The van der Waals surface area contributed by atoms with Crippen molar-refractivity contribution in [2.75, 3.05) is 33.4 Å². The smallest absolute Gasteiger partial charge is 0.226 e. The van der Waals surface area contributed by atoms with E-state index < -0.39 is 0 Å². The van der Waals surface area contributed by atoms with E-state index in [1.807, 2.05) is 0 Å². The summed E-state index contributed by atoms with van der Waals surface area (Å²) in [5.74, 6) is 0.296. The fraction of sp³-hybridized carbons (Fsp3) is 0.938. The molecule has 2 rings (SSSR count). The molecule has 4 nitrogen and oxygen atoms in total. The maximum Gasteiger partial charge on any atom is 0.226 e. The van der Waals surface area contributed by atoms with Crippen molar-refractivity contribution in [3.63, 3.8) is 0 Å². The number of ether oxygens (including phenoxy) is 1. The van der Waals surface area contributed by atoms with Gasteiger partial charge in [0.25, 0.3) is 0 Å². The Balaban J connectivity index is 1.85. The second-order valence-corrected chi connectivity index (χ2v) is 6.71. The summed E-state index contributed by atoms with van der Waals surface area (Å²) in [5.41, 5.74) is 0.226. The number of hydrogen-bond donors (Lipinski definition) is 2. The van der Waals surface area contributed by atoms with Crippen LogP contribution in [0.1, 0.15) is 51.9 Å². The monoisotopic (exact) mass is 282 g/mol. The highest BCUT2D eigenvalue weighted by atomic mass is 16.5. The number of methoxy groups -OCH3 is 1. The molecule has 2 fully saturated rings. The largest absolute Gasteiger partial charge is 0.385 e. The van der Waals surface area contributed by atoms with Gasteiger partial charge in [-0.3, -0.25) is 4.79 Å². The Kier molecular flexibility index (Phi) is 5.44. The van der Waals surface area contributed by atoms with Gasteiger partial charge in [0.05, 0.1) is 5.41 Å². The Morgan fingerprint density at radius 2 is 1.90 bits per heavy atom. The average Bonchev–Trinajstić information content (AvgIpc) is 3.24. The highest BCUT2D eigenvalue weighted by Crippen LogP contribution is 2.48. The van der Waals surface area contributed by atoms with E-state index >= 15 is 0 Å². The van der Waals surface area contributed by atoms with Gasteiger partial charge in [0.2, 0.25) is 5.91 Å². The molecule has 0 spiro atoms. The van der Waals surface area contributed by atoms with Gasteiger partial charge in [-0.15, -0.1) is 0 Å². The van der Waals surface area contributed by atoms with Gasteiger partial charge in [0.15, 0.2) is 0 Å². The van der Waals surface area contributed by atoms with Crippen LogP contribution in [-0.2, 0) is 9.53 Å². The number of rotatable bonds is 8. The van der Waals surface area contributed by atoms with E-state index in [-0.39, 0.29) is 5.41 Å². The predicted molar refractivity (Wildman–Crippen MR) is 80.6 cm³/mol. The number of nitrogens with one attached hydrogen (secondary N) is 2. The molecule has 1 saturated heterocycles. The summed E-state index contributed by atoms with van der Waals surface area (Å²) in [6.07, 6.45) is 7.62. The Morgan fingerprint density at radius 3 is 2.45 bits per heavy atom. The standard InChI is InChI=1S/C16H30N2O2/c1-3-4-16(7-10-17-11-8-16)14(19)18-13-15(5-6-15)9-12-20-2/h17H,3-13H2,1-2H3,(H,18,19). The summed E-state index contributed by atoms with van der Waals surface area (Å²) >= 11 is 0. The molecule has 1 heterocycles. The van der Waals surface area contributed by atoms with Crippen molar-refractivity contribution in [1.82, 2.24) is 10.6 Å². The molecule has 20 heavy (non-hydrogen) atoms. The number of piperidine rings is 1. The van der Waals surface area contributed by atoms with Crippen molar-refractivity contribution in [1.29, 1.82) is 0 Å². The minimum atomic E-state index is -0.114. The van der Waals surface area contributed by atoms with Crippen LogP contribution in [0.5, 0.6) is 0 Å². The molecule has 0 aromatic rings. The summed E-state index contributed by atoms with van der Waals surface area (Å²) in [5, 5.41) is 6.64. The molecule has 0 bridgehead atoms. The van der Waals surface area contributed by atoms with Gasteiger partial charge in [-0.1, -0.05) is 13.3 Å². The van der Waals surface area contributed by atoms with Crippen molar-refractivity contribution < 1.29 is 9.53 Å². The van der Waals surface area contributed by atoms with Crippen LogP contribution >= 0.6 is 0 Å². The van der Waals surface area contributed by atoms with E-state index in [1.54, 1.807) is 7.11 Å². The summed E-state index contributed by atoms with van der Waals surface area (Å²) in [6.45, 7) is 5.77. The van der Waals surface area contributed by atoms with Crippen LogP contribution in [0.15, 0.2) is 0 Å². The zero-order valence-corrected chi connectivity index (χ0v) is 13.1. The molecule has 0 aromatic carbocycles. The van der Waals surface area contributed by atoms with Crippen molar-refractivity contribution in [2.45, 2.75) is 51.9 Å². The lowest BCUT2D eigenvalue weighted by Gasteiger charge is -2.36. The molecule has 1 aliphatic heterocycles. The normalized spacial score (nSPS) is 23.3. The summed E-state index contributed by atoms with van der Waals surface area (Å²) in [4.78, 5) is 12.7. The van der Waals surface area contributed by atoms with E-state index in [9.17, 15) is 4.79 Å². The molecular formula is C16H30N2O2. The quantitative estimate of drug-likeness (QED) is 0.717. The van der Waals surface area contributed by atoms with E-state index in [1.165, 1.54) is 12.8 Å². The topological polar surface area (TPSA) is 50.4 Å². The minimum absolute atomic E-state index is 0.114. The number of carbonyl (C=O) groups excluding carboxylic acids is 1.